The maximum absolute atomic E-state index is 10.5. The van der Waals surface area contributed by atoms with E-state index in [4.69, 9.17) is 9.47 Å². The summed E-state index contributed by atoms with van der Waals surface area (Å²) in [6.45, 7) is 0.378. The van der Waals surface area contributed by atoms with Crippen LogP contribution in [0.3, 0.4) is 0 Å². The van der Waals surface area contributed by atoms with E-state index in [0.717, 1.165) is 6.29 Å². The molecule has 0 aliphatic heterocycles. The molecule has 1 atom stereocenters. The first kappa shape index (κ1) is 11.7. The van der Waals surface area contributed by atoms with Gasteiger partial charge in [-0.15, -0.1) is 0 Å². The van der Waals surface area contributed by atoms with Crippen LogP contribution >= 0.6 is 0 Å². The van der Waals surface area contributed by atoms with Crippen molar-refractivity contribution in [3.63, 3.8) is 0 Å². The van der Waals surface area contributed by atoms with Crippen LogP contribution in [-0.4, -0.2) is 37.8 Å². The van der Waals surface area contributed by atoms with Crippen LogP contribution in [0, 0.1) is 0 Å². The van der Waals surface area contributed by atoms with Crippen molar-refractivity contribution in [3.05, 3.63) is 29.8 Å². The van der Waals surface area contributed by atoms with Gasteiger partial charge in [-0.3, -0.25) is 4.79 Å². The second-order valence-corrected chi connectivity index (χ2v) is 3.11. The number of benzene rings is 1. The molecule has 0 bridgehead atoms. The normalized spacial score (nSPS) is 12.1. The third-order valence-electron chi connectivity index (χ3n) is 1.80. The molecule has 0 heterocycles. The fourth-order valence-corrected chi connectivity index (χ4v) is 1.11. The van der Waals surface area contributed by atoms with E-state index in [-0.39, 0.29) is 13.2 Å². The number of carbonyl (C=O) groups excluding carboxylic acids is 1. The van der Waals surface area contributed by atoms with Gasteiger partial charge in [0.1, 0.15) is 24.7 Å². The highest BCUT2D eigenvalue weighted by molar-refractivity contribution is 5.75. The monoisotopic (exact) mass is 210 g/mol. The van der Waals surface area contributed by atoms with E-state index in [2.05, 4.69) is 0 Å². The SMILES string of the molecule is COCC(O)COc1cccc(C=O)c1. The Kier molecular flexibility index (Phi) is 4.80. The summed E-state index contributed by atoms with van der Waals surface area (Å²) in [5.41, 5.74) is 0.550. The maximum Gasteiger partial charge on any atom is 0.150 e. The first-order valence-electron chi connectivity index (χ1n) is 4.61. The van der Waals surface area contributed by atoms with E-state index in [1.807, 2.05) is 0 Å². The lowest BCUT2D eigenvalue weighted by molar-refractivity contribution is 0.0325. The van der Waals surface area contributed by atoms with Crippen molar-refractivity contribution in [3.8, 4) is 5.75 Å². The molecule has 0 aliphatic rings. The zero-order chi connectivity index (χ0) is 11.1. The second kappa shape index (κ2) is 6.16. The van der Waals surface area contributed by atoms with Crippen molar-refractivity contribution in [1.29, 1.82) is 0 Å². The molecule has 0 fully saturated rings. The zero-order valence-electron chi connectivity index (χ0n) is 8.55. The molecule has 0 aliphatic carbocycles. The van der Waals surface area contributed by atoms with Crippen LogP contribution in [0.25, 0.3) is 0 Å². The standard InChI is InChI=1S/C11H14O4/c1-14-7-10(13)8-15-11-4-2-3-9(5-11)6-12/h2-6,10,13H,7-8H2,1H3. The largest absolute Gasteiger partial charge is 0.491 e. The molecule has 4 nitrogen and oxygen atoms in total. The second-order valence-electron chi connectivity index (χ2n) is 3.11. The van der Waals surface area contributed by atoms with Crippen LogP contribution in [0.2, 0.25) is 0 Å². The van der Waals surface area contributed by atoms with Gasteiger partial charge in [-0.05, 0) is 12.1 Å². The first-order valence-corrected chi connectivity index (χ1v) is 4.61. The van der Waals surface area contributed by atoms with Crippen LogP contribution in [0.1, 0.15) is 10.4 Å². The molecule has 0 saturated heterocycles. The first-order chi connectivity index (χ1) is 7.26. The molecular weight excluding hydrogens is 196 g/mol. The summed E-state index contributed by atoms with van der Waals surface area (Å²) >= 11 is 0. The van der Waals surface area contributed by atoms with E-state index in [9.17, 15) is 9.90 Å². The van der Waals surface area contributed by atoms with Crippen molar-refractivity contribution in [1.82, 2.24) is 0 Å². The van der Waals surface area contributed by atoms with Crippen molar-refractivity contribution in [2.24, 2.45) is 0 Å². The molecule has 0 radical (unpaired) electrons. The number of methoxy groups -OCH3 is 1. The fraction of sp³-hybridized carbons (Fsp3) is 0.364. The Morgan fingerprint density at radius 3 is 2.93 bits per heavy atom. The molecule has 0 spiro atoms. The van der Waals surface area contributed by atoms with E-state index < -0.39 is 6.10 Å². The topological polar surface area (TPSA) is 55.8 Å². The quantitative estimate of drug-likeness (QED) is 0.708. The maximum atomic E-state index is 10.5. The van der Waals surface area contributed by atoms with Gasteiger partial charge in [0, 0.05) is 12.7 Å². The number of rotatable bonds is 6. The Morgan fingerprint density at radius 2 is 2.27 bits per heavy atom. The molecule has 1 aromatic carbocycles. The molecule has 15 heavy (non-hydrogen) atoms. The van der Waals surface area contributed by atoms with Gasteiger partial charge in [-0.1, -0.05) is 12.1 Å². The average molecular weight is 210 g/mol. The Morgan fingerprint density at radius 1 is 1.47 bits per heavy atom. The van der Waals surface area contributed by atoms with Crippen LogP contribution in [0.15, 0.2) is 24.3 Å². The minimum absolute atomic E-state index is 0.149. The van der Waals surface area contributed by atoms with E-state index >= 15 is 0 Å². The third-order valence-corrected chi connectivity index (χ3v) is 1.80. The number of carbonyl (C=O) groups is 1. The van der Waals surface area contributed by atoms with Crippen LogP contribution < -0.4 is 4.74 Å². The molecule has 0 aromatic heterocycles. The van der Waals surface area contributed by atoms with Gasteiger partial charge in [0.05, 0.1) is 6.61 Å². The minimum Gasteiger partial charge on any atom is -0.491 e. The lowest BCUT2D eigenvalue weighted by Crippen LogP contribution is -2.22. The highest BCUT2D eigenvalue weighted by atomic mass is 16.5. The molecular formula is C11H14O4. The van der Waals surface area contributed by atoms with Crippen LogP contribution in [0.4, 0.5) is 0 Å². The van der Waals surface area contributed by atoms with Gasteiger partial charge in [-0.2, -0.15) is 0 Å². The third kappa shape index (κ3) is 4.10. The number of aliphatic hydroxyl groups excluding tert-OH is 1. The minimum atomic E-state index is -0.658. The molecule has 1 rings (SSSR count). The van der Waals surface area contributed by atoms with Gasteiger partial charge < -0.3 is 14.6 Å². The highest BCUT2D eigenvalue weighted by Crippen LogP contribution is 2.12. The number of hydrogen-bond acceptors (Lipinski definition) is 4. The predicted octanol–water partition coefficient (Wildman–Crippen LogP) is 0.885. The number of ether oxygens (including phenoxy) is 2. The van der Waals surface area contributed by atoms with E-state index in [0.29, 0.717) is 11.3 Å². The van der Waals surface area contributed by atoms with Gasteiger partial charge in [-0.25, -0.2) is 0 Å². The molecule has 82 valence electrons. The summed E-state index contributed by atoms with van der Waals surface area (Å²) in [5.74, 6) is 0.565. The lowest BCUT2D eigenvalue weighted by Gasteiger charge is -2.11. The van der Waals surface area contributed by atoms with Crippen molar-refractivity contribution in [2.45, 2.75) is 6.10 Å². The van der Waals surface area contributed by atoms with E-state index in [1.165, 1.54) is 7.11 Å². The molecule has 1 unspecified atom stereocenters. The van der Waals surface area contributed by atoms with Crippen LogP contribution in [0.5, 0.6) is 5.75 Å². The van der Waals surface area contributed by atoms with Gasteiger partial charge in [0.25, 0.3) is 0 Å². The van der Waals surface area contributed by atoms with Crippen molar-refractivity contribution >= 4 is 6.29 Å². The molecule has 1 N–H and O–H groups in total. The number of hydrogen-bond donors (Lipinski definition) is 1. The summed E-state index contributed by atoms with van der Waals surface area (Å²) in [4.78, 5) is 10.5. The molecule has 0 saturated carbocycles. The van der Waals surface area contributed by atoms with Gasteiger partial charge in [0.2, 0.25) is 0 Å². The Hall–Kier alpha value is -1.39. The zero-order valence-corrected chi connectivity index (χ0v) is 8.55. The summed E-state index contributed by atoms with van der Waals surface area (Å²) in [5, 5.41) is 9.32. The summed E-state index contributed by atoms with van der Waals surface area (Å²) in [6, 6.07) is 6.76. The molecule has 4 heteroatoms. The molecule has 0 amide bonds. The highest BCUT2D eigenvalue weighted by Gasteiger charge is 2.04. The Labute approximate surface area is 88.4 Å². The van der Waals surface area contributed by atoms with E-state index in [1.54, 1.807) is 24.3 Å². The fourth-order valence-electron chi connectivity index (χ4n) is 1.11. The number of aliphatic hydroxyl groups is 1. The Balaban J connectivity index is 2.46. The summed E-state index contributed by atoms with van der Waals surface area (Å²) in [7, 11) is 1.51. The number of aldehydes is 1. The lowest BCUT2D eigenvalue weighted by atomic mass is 10.2. The van der Waals surface area contributed by atoms with Gasteiger partial charge >= 0.3 is 0 Å². The predicted molar refractivity (Wildman–Crippen MR) is 55.2 cm³/mol. The summed E-state index contributed by atoms with van der Waals surface area (Å²) in [6.07, 6.45) is 0.0909. The summed E-state index contributed by atoms with van der Waals surface area (Å²) < 4.78 is 10.0. The smallest absolute Gasteiger partial charge is 0.150 e. The average Bonchev–Trinajstić information content (AvgIpc) is 2.27. The van der Waals surface area contributed by atoms with Crippen molar-refractivity contribution in [2.75, 3.05) is 20.3 Å². The van der Waals surface area contributed by atoms with Crippen molar-refractivity contribution < 1.29 is 19.4 Å². The van der Waals surface area contributed by atoms with Gasteiger partial charge in [0.15, 0.2) is 0 Å². The molecule has 1 aromatic rings. The van der Waals surface area contributed by atoms with Crippen LogP contribution in [-0.2, 0) is 4.74 Å². The Bertz CT molecular complexity index is 311.